The van der Waals surface area contributed by atoms with Crippen molar-refractivity contribution in [1.29, 1.82) is 0 Å². The standard InChI is InChI=1S/C29H38N4O7/c1-32-16-17-40-23-10-6-5-9-21(23)28(36)31-22(12-14-26(34)33(2)19-27(32)35)29(37)30-15-7-8-20-11-13-24(38-3)25(18-20)39-4/h5-6,9-11,13,18,22H,7-8,12,14-17,19H2,1-4H3,(H,30,37)(H,31,36)/t22-/m0/s1. The first-order valence-corrected chi connectivity index (χ1v) is 13.2. The van der Waals surface area contributed by atoms with E-state index in [1.165, 1.54) is 9.80 Å². The topological polar surface area (TPSA) is 127 Å². The second-order valence-corrected chi connectivity index (χ2v) is 9.56. The normalized spacial score (nSPS) is 17.1. The number of nitrogens with zero attached hydrogens (tertiary/aromatic N) is 2. The maximum Gasteiger partial charge on any atom is 0.255 e. The second kappa shape index (κ2) is 14.8. The van der Waals surface area contributed by atoms with Gasteiger partial charge in [-0.1, -0.05) is 18.2 Å². The molecule has 2 aromatic rings. The molecule has 0 fully saturated rings. The van der Waals surface area contributed by atoms with Crippen molar-refractivity contribution in [1.82, 2.24) is 20.4 Å². The summed E-state index contributed by atoms with van der Waals surface area (Å²) >= 11 is 0. The predicted molar refractivity (Wildman–Crippen MR) is 149 cm³/mol. The second-order valence-electron chi connectivity index (χ2n) is 9.56. The van der Waals surface area contributed by atoms with Gasteiger partial charge in [0.15, 0.2) is 11.5 Å². The van der Waals surface area contributed by atoms with Crippen molar-refractivity contribution in [3.05, 3.63) is 53.6 Å². The van der Waals surface area contributed by atoms with Crippen LogP contribution in [0.25, 0.3) is 0 Å². The van der Waals surface area contributed by atoms with Crippen molar-refractivity contribution in [3.63, 3.8) is 0 Å². The first-order valence-electron chi connectivity index (χ1n) is 13.2. The number of hydrogen-bond acceptors (Lipinski definition) is 7. The number of carbonyl (C=O) groups is 4. The molecule has 11 heteroatoms. The number of carbonyl (C=O) groups excluding carboxylic acids is 4. The Labute approximate surface area is 234 Å². The summed E-state index contributed by atoms with van der Waals surface area (Å²) < 4.78 is 16.4. The molecule has 0 aromatic heterocycles. The third kappa shape index (κ3) is 8.36. The number of para-hydroxylation sites is 1. The summed E-state index contributed by atoms with van der Waals surface area (Å²) in [4.78, 5) is 54.4. The lowest BCUT2D eigenvalue weighted by molar-refractivity contribution is -0.139. The van der Waals surface area contributed by atoms with Crippen LogP contribution >= 0.6 is 0 Å². The van der Waals surface area contributed by atoms with E-state index in [1.54, 1.807) is 52.6 Å². The van der Waals surface area contributed by atoms with Crippen molar-refractivity contribution in [2.45, 2.75) is 31.7 Å². The minimum atomic E-state index is -0.956. The van der Waals surface area contributed by atoms with Crippen LogP contribution in [0, 0.1) is 0 Å². The average Bonchev–Trinajstić information content (AvgIpc) is 2.96. The highest BCUT2D eigenvalue weighted by molar-refractivity contribution is 5.99. The monoisotopic (exact) mass is 554 g/mol. The molecule has 4 amide bonds. The number of methoxy groups -OCH3 is 2. The Hall–Kier alpha value is -4.28. The van der Waals surface area contributed by atoms with E-state index in [2.05, 4.69) is 10.6 Å². The molecule has 40 heavy (non-hydrogen) atoms. The molecule has 3 rings (SSSR count). The fourth-order valence-corrected chi connectivity index (χ4v) is 4.24. The van der Waals surface area contributed by atoms with Crippen LogP contribution in [0.5, 0.6) is 17.2 Å². The van der Waals surface area contributed by atoms with Gasteiger partial charge in [-0.2, -0.15) is 0 Å². The summed E-state index contributed by atoms with van der Waals surface area (Å²) in [7, 11) is 6.33. The fourth-order valence-electron chi connectivity index (χ4n) is 4.24. The van der Waals surface area contributed by atoms with Crippen LogP contribution in [0.2, 0.25) is 0 Å². The van der Waals surface area contributed by atoms with Gasteiger partial charge in [-0.3, -0.25) is 19.2 Å². The lowest BCUT2D eigenvalue weighted by Crippen LogP contribution is -2.47. The average molecular weight is 555 g/mol. The number of amides is 4. The van der Waals surface area contributed by atoms with Gasteiger partial charge in [0.2, 0.25) is 17.7 Å². The summed E-state index contributed by atoms with van der Waals surface area (Å²) in [6, 6.07) is 11.4. The molecule has 1 heterocycles. The maximum atomic E-state index is 13.2. The molecule has 2 aromatic carbocycles. The van der Waals surface area contributed by atoms with Gasteiger partial charge in [-0.25, -0.2) is 0 Å². The van der Waals surface area contributed by atoms with Crippen LogP contribution in [0.1, 0.15) is 35.2 Å². The van der Waals surface area contributed by atoms with Crippen molar-refractivity contribution in [3.8, 4) is 17.2 Å². The van der Waals surface area contributed by atoms with Gasteiger partial charge < -0.3 is 34.6 Å². The SMILES string of the molecule is COc1ccc(CCCNC(=O)[C@@H]2CCC(=O)N(C)CC(=O)N(C)CCOc3ccccc3C(=O)N2)cc1OC. The molecule has 0 spiro atoms. The molecule has 216 valence electrons. The van der Waals surface area contributed by atoms with E-state index in [9.17, 15) is 19.2 Å². The largest absolute Gasteiger partial charge is 0.493 e. The third-order valence-electron chi connectivity index (χ3n) is 6.70. The summed E-state index contributed by atoms with van der Waals surface area (Å²) in [6.45, 7) is 0.721. The Kier molecular flexibility index (Phi) is 11.2. The van der Waals surface area contributed by atoms with E-state index in [1.807, 2.05) is 18.2 Å². The van der Waals surface area contributed by atoms with Gasteiger partial charge in [-0.05, 0) is 49.1 Å². The third-order valence-corrected chi connectivity index (χ3v) is 6.70. The van der Waals surface area contributed by atoms with Gasteiger partial charge in [0.1, 0.15) is 18.4 Å². The summed E-state index contributed by atoms with van der Waals surface area (Å²) in [5.74, 6) is 0.209. The first kappa shape index (κ1) is 30.3. The van der Waals surface area contributed by atoms with Crippen molar-refractivity contribution < 1.29 is 33.4 Å². The highest BCUT2D eigenvalue weighted by Crippen LogP contribution is 2.28. The number of hydrogen-bond donors (Lipinski definition) is 2. The van der Waals surface area contributed by atoms with Crippen LogP contribution in [-0.2, 0) is 20.8 Å². The number of aryl methyl sites for hydroxylation is 1. The Morgan fingerprint density at radius 2 is 1.77 bits per heavy atom. The quantitative estimate of drug-likeness (QED) is 0.499. The highest BCUT2D eigenvalue weighted by Gasteiger charge is 2.25. The number of nitrogens with one attached hydrogen (secondary N) is 2. The van der Waals surface area contributed by atoms with E-state index in [-0.39, 0.29) is 49.9 Å². The summed E-state index contributed by atoms with van der Waals surface area (Å²) in [5.41, 5.74) is 1.29. The van der Waals surface area contributed by atoms with Gasteiger partial charge >= 0.3 is 0 Å². The molecule has 11 nitrogen and oxygen atoms in total. The van der Waals surface area contributed by atoms with E-state index in [0.29, 0.717) is 36.6 Å². The molecule has 0 saturated carbocycles. The van der Waals surface area contributed by atoms with Crippen LogP contribution in [0.15, 0.2) is 42.5 Å². The van der Waals surface area contributed by atoms with Crippen molar-refractivity contribution >= 4 is 23.6 Å². The maximum absolute atomic E-state index is 13.2. The number of likely N-dealkylation sites (N-methyl/N-ethyl adjacent to an activating group) is 2. The highest BCUT2D eigenvalue weighted by atomic mass is 16.5. The van der Waals surface area contributed by atoms with Crippen LogP contribution < -0.4 is 24.8 Å². The van der Waals surface area contributed by atoms with Gasteiger partial charge in [0.05, 0.1) is 32.9 Å². The Morgan fingerprint density at radius 3 is 2.52 bits per heavy atom. The Bertz CT molecular complexity index is 1200. The van der Waals surface area contributed by atoms with Crippen molar-refractivity contribution in [2.24, 2.45) is 0 Å². The number of rotatable bonds is 7. The van der Waals surface area contributed by atoms with Crippen LogP contribution in [0.3, 0.4) is 0 Å². The zero-order valence-corrected chi connectivity index (χ0v) is 23.5. The molecule has 1 aliphatic heterocycles. The summed E-state index contributed by atoms with van der Waals surface area (Å²) in [5, 5.41) is 5.65. The molecule has 0 radical (unpaired) electrons. The smallest absolute Gasteiger partial charge is 0.255 e. The zero-order chi connectivity index (χ0) is 29.1. The minimum Gasteiger partial charge on any atom is -0.493 e. The van der Waals surface area contributed by atoms with Crippen LogP contribution in [0.4, 0.5) is 0 Å². The Morgan fingerprint density at radius 1 is 1.02 bits per heavy atom. The minimum absolute atomic E-state index is 0.0182. The lowest BCUT2D eigenvalue weighted by atomic mass is 10.1. The molecule has 2 N–H and O–H groups in total. The van der Waals surface area contributed by atoms with Crippen LogP contribution in [-0.4, -0.2) is 94.0 Å². The molecular formula is C29H38N4O7. The van der Waals surface area contributed by atoms with E-state index in [4.69, 9.17) is 14.2 Å². The van der Waals surface area contributed by atoms with Gasteiger partial charge in [0.25, 0.3) is 5.91 Å². The first-order chi connectivity index (χ1) is 19.2. The molecule has 0 saturated heterocycles. The molecule has 0 aliphatic carbocycles. The van der Waals surface area contributed by atoms with Crippen molar-refractivity contribution in [2.75, 3.05) is 54.6 Å². The fraction of sp³-hybridized carbons (Fsp3) is 0.448. The number of ether oxygens (including phenoxy) is 3. The predicted octanol–water partition coefficient (Wildman–Crippen LogP) is 1.64. The Balaban J connectivity index is 1.69. The zero-order valence-electron chi connectivity index (χ0n) is 23.5. The van der Waals surface area contributed by atoms with E-state index >= 15 is 0 Å². The number of fused-ring (bicyclic) bond motifs is 1. The van der Waals surface area contributed by atoms with Gasteiger partial charge in [-0.15, -0.1) is 0 Å². The van der Waals surface area contributed by atoms with Gasteiger partial charge in [0, 0.05) is 27.1 Å². The molecule has 1 atom stereocenters. The molecular weight excluding hydrogens is 516 g/mol. The molecule has 0 unspecified atom stereocenters. The van der Waals surface area contributed by atoms with E-state index in [0.717, 1.165) is 5.56 Å². The molecule has 1 aliphatic rings. The van der Waals surface area contributed by atoms with E-state index < -0.39 is 17.9 Å². The lowest BCUT2D eigenvalue weighted by Gasteiger charge is -2.22. The number of benzene rings is 2. The summed E-state index contributed by atoms with van der Waals surface area (Å²) in [6.07, 6.45) is 1.39. The molecule has 0 bridgehead atoms.